The molecule has 2 atom stereocenters. The Morgan fingerprint density at radius 3 is 2.90 bits per heavy atom. The minimum absolute atomic E-state index is 0.000847. The fourth-order valence-corrected chi connectivity index (χ4v) is 2.87. The van der Waals surface area contributed by atoms with E-state index in [1.54, 1.807) is 12.1 Å². The van der Waals surface area contributed by atoms with E-state index in [9.17, 15) is 15.2 Å². The standard InChI is InChI=1S/C15H22N2O4/c1-3-12-10-16(7-6-14(12)18)9-11-4-5-15(21-2)13(8-11)17(19)20/h4-5,8,12,14,18H,3,6-7,9-10H2,1-2H3. The lowest BCUT2D eigenvalue weighted by molar-refractivity contribution is -0.385. The number of piperidine rings is 1. The molecule has 1 aliphatic rings. The zero-order chi connectivity index (χ0) is 15.4. The zero-order valence-electron chi connectivity index (χ0n) is 12.5. The molecule has 6 nitrogen and oxygen atoms in total. The number of benzene rings is 1. The van der Waals surface area contributed by atoms with Gasteiger partial charge in [-0.2, -0.15) is 0 Å². The number of nitro groups is 1. The highest BCUT2D eigenvalue weighted by Crippen LogP contribution is 2.29. The Hall–Kier alpha value is -1.66. The first-order valence-electron chi connectivity index (χ1n) is 7.26. The van der Waals surface area contributed by atoms with Crippen molar-refractivity contribution in [1.29, 1.82) is 0 Å². The van der Waals surface area contributed by atoms with Crippen molar-refractivity contribution in [2.24, 2.45) is 5.92 Å². The number of methoxy groups -OCH3 is 1. The molecule has 1 aromatic carbocycles. The number of aliphatic hydroxyl groups excluding tert-OH is 1. The maximum atomic E-state index is 11.0. The van der Waals surface area contributed by atoms with Crippen molar-refractivity contribution in [2.45, 2.75) is 32.4 Å². The van der Waals surface area contributed by atoms with Gasteiger partial charge in [0.05, 0.1) is 18.1 Å². The molecule has 1 N–H and O–H groups in total. The second-order valence-corrected chi connectivity index (χ2v) is 5.52. The van der Waals surface area contributed by atoms with E-state index in [4.69, 9.17) is 4.74 Å². The minimum Gasteiger partial charge on any atom is -0.490 e. The Kier molecular flexibility index (Phi) is 5.14. The van der Waals surface area contributed by atoms with Gasteiger partial charge in [-0.1, -0.05) is 13.0 Å². The fraction of sp³-hybridized carbons (Fsp3) is 0.600. The smallest absolute Gasteiger partial charge is 0.311 e. The Balaban J connectivity index is 2.09. The second-order valence-electron chi connectivity index (χ2n) is 5.52. The molecule has 116 valence electrons. The van der Waals surface area contributed by atoms with Crippen molar-refractivity contribution in [2.75, 3.05) is 20.2 Å². The summed E-state index contributed by atoms with van der Waals surface area (Å²) in [6.07, 6.45) is 1.48. The van der Waals surface area contributed by atoms with Crippen LogP contribution in [0.5, 0.6) is 5.75 Å². The van der Waals surface area contributed by atoms with Gasteiger partial charge in [0.25, 0.3) is 0 Å². The molecule has 21 heavy (non-hydrogen) atoms. The highest BCUT2D eigenvalue weighted by Gasteiger charge is 2.26. The first kappa shape index (κ1) is 15.7. The van der Waals surface area contributed by atoms with Crippen molar-refractivity contribution in [3.63, 3.8) is 0 Å². The summed E-state index contributed by atoms with van der Waals surface area (Å²) in [7, 11) is 1.43. The molecule has 1 aliphatic heterocycles. The van der Waals surface area contributed by atoms with Gasteiger partial charge in [-0.15, -0.1) is 0 Å². The zero-order valence-corrected chi connectivity index (χ0v) is 12.5. The number of ether oxygens (including phenoxy) is 1. The molecule has 0 saturated carbocycles. The van der Waals surface area contributed by atoms with Gasteiger partial charge in [-0.05, 0) is 30.4 Å². The number of hydrogen-bond donors (Lipinski definition) is 1. The summed E-state index contributed by atoms with van der Waals surface area (Å²) in [6.45, 7) is 4.39. The predicted octanol–water partition coefficient (Wildman–Crippen LogP) is 2.20. The molecule has 0 spiro atoms. The van der Waals surface area contributed by atoms with E-state index in [0.717, 1.165) is 31.5 Å². The summed E-state index contributed by atoms with van der Waals surface area (Å²) in [5, 5.41) is 21.0. The third-order valence-corrected chi connectivity index (χ3v) is 4.15. The first-order valence-corrected chi connectivity index (χ1v) is 7.26. The largest absolute Gasteiger partial charge is 0.490 e. The lowest BCUT2D eigenvalue weighted by atomic mass is 9.92. The van der Waals surface area contributed by atoms with E-state index < -0.39 is 4.92 Å². The van der Waals surface area contributed by atoms with Gasteiger partial charge < -0.3 is 9.84 Å². The summed E-state index contributed by atoms with van der Waals surface area (Å²) >= 11 is 0. The third-order valence-electron chi connectivity index (χ3n) is 4.15. The molecule has 2 rings (SSSR count). The van der Waals surface area contributed by atoms with Crippen LogP contribution in [-0.2, 0) is 6.54 Å². The fourth-order valence-electron chi connectivity index (χ4n) is 2.87. The third kappa shape index (κ3) is 3.71. The van der Waals surface area contributed by atoms with E-state index >= 15 is 0 Å². The molecule has 0 bridgehead atoms. The summed E-state index contributed by atoms with van der Waals surface area (Å²) in [6, 6.07) is 5.08. The first-order chi connectivity index (χ1) is 10.0. The van der Waals surface area contributed by atoms with Crippen LogP contribution in [0.4, 0.5) is 5.69 Å². The molecule has 2 unspecified atom stereocenters. The van der Waals surface area contributed by atoms with Gasteiger partial charge in [0.1, 0.15) is 0 Å². The molecular formula is C15H22N2O4. The number of rotatable bonds is 5. The molecule has 1 heterocycles. The van der Waals surface area contributed by atoms with Crippen molar-refractivity contribution < 1.29 is 14.8 Å². The van der Waals surface area contributed by atoms with E-state index in [0.29, 0.717) is 6.54 Å². The number of likely N-dealkylation sites (tertiary alicyclic amines) is 1. The highest BCUT2D eigenvalue weighted by atomic mass is 16.6. The van der Waals surface area contributed by atoms with Crippen LogP contribution in [0, 0.1) is 16.0 Å². The maximum Gasteiger partial charge on any atom is 0.311 e. The number of nitrogens with zero attached hydrogens (tertiary/aromatic N) is 2. The molecule has 6 heteroatoms. The number of nitro benzene ring substituents is 1. The van der Waals surface area contributed by atoms with Crippen LogP contribution in [0.3, 0.4) is 0 Å². The van der Waals surface area contributed by atoms with Crippen LogP contribution >= 0.6 is 0 Å². The molecule has 1 saturated heterocycles. The van der Waals surface area contributed by atoms with Crippen LogP contribution in [0.1, 0.15) is 25.3 Å². The SMILES string of the molecule is CCC1CN(Cc2ccc(OC)c([N+](=O)[O-])c2)CCC1O. The van der Waals surface area contributed by atoms with Gasteiger partial charge in [0.2, 0.25) is 0 Å². The molecular weight excluding hydrogens is 272 g/mol. The van der Waals surface area contributed by atoms with Gasteiger partial charge in [0, 0.05) is 25.7 Å². The van der Waals surface area contributed by atoms with Gasteiger partial charge in [-0.3, -0.25) is 15.0 Å². The van der Waals surface area contributed by atoms with Crippen LogP contribution in [0.25, 0.3) is 0 Å². The van der Waals surface area contributed by atoms with E-state index in [2.05, 4.69) is 11.8 Å². The Bertz CT molecular complexity index is 506. The quantitative estimate of drug-likeness (QED) is 0.665. The van der Waals surface area contributed by atoms with Crippen molar-refractivity contribution >= 4 is 5.69 Å². The molecule has 0 amide bonds. The Labute approximate surface area is 124 Å². The normalized spacial score (nSPS) is 23.0. The van der Waals surface area contributed by atoms with Gasteiger partial charge in [-0.25, -0.2) is 0 Å². The monoisotopic (exact) mass is 294 g/mol. The van der Waals surface area contributed by atoms with Crippen LogP contribution in [0.2, 0.25) is 0 Å². The van der Waals surface area contributed by atoms with Crippen LogP contribution in [0.15, 0.2) is 18.2 Å². The Morgan fingerprint density at radius 1 is 1.52 bits per heavy atom. The molecule has 0 radical (unpaired) electrons. The van der Waals surface area contributed by atoms with E-state index in [1.165, 1.54) is 7.11 Å². The minimum atomic E-state index is -0.420. The van der Waals surface area contributed by atoms with Crippen molar-refractivity contribution in [1.82, 2.24) is 4.90 Å². The molecule has 0 aliphatic carbocycles. The summed E-state index contributed by atoms with van der Waals surface area (Å²) in [4.78, 5) is 12.9. The second kappa shape index (κ2) is 6.87. The molecule has 1 aromatic rings. The topological polar surface area (TPSA) is 75.8 Å². The average Bonchev–Trinajstić information content (AvgIpc) is 2.49. The lowest BCUT2D eigenvalue weighted by Gasteiger charge is -2.35. The summed E-state index contributed by atoms with van der Waals surface area (Å²) in [5.74, 6) is 0.566. The van der Waals surface area contributed by atoms with Crippen molar-refractivity contribution in [3.05, 3.63) is 33.9 Å². The molecule has 1 fully saturated rings. The predicted molar refractivity (Wildman–Crippen MR) is 79.3 cm³/mol. The van der Waals surface area contributed by atoms with Crippen LogP contribution in [-0.4, -0.2) is 41.2 Å². The summed E-state index contributed by atoms with van der Waals surface area (Å²) < 4.78 is 5.01. The lowest BCUT2D eigenvalue weighted by Crippen LogP contribution is -2.42. The average molecular weight is 294 g/mol. The maximum absolute atomic E-state index is 11.0. The van der Waals surface area contributed by atoms with E-state index in [-0.39, 0.29) is 23.5 Å². The van der Waals surface area contributed by atoms with E-state index in [1.807, 2.05) is 6.07 Å². The Morgan fingerprint density at radius 2 is 2.29 bits per heavy atom. The van der Waals surface area contributed by atoms with Gasteiger partial charge >= 0.3 is 5.69 Å². The molecule has 0 aromatic heterocycles. The van der Waals surface area contributed by atoms with Crippen molar-refractivity contribution in [3.8, 4) is 5.75 Å². The van der Waals surface area contributed by atoms with Gasteiger partial charge in [0.15, 0.2) is 5.75 Å². The highest BCUT2D eigenvalue weighted by molar-refractivity contribution is 5.48. The number of aliphatic hydroxyl groups is 1. The van der Waals surface area contributed by atoms with Crippen LogP contribution < -0.4 is 4.74 Å². The summed E-state index contributed by atoms with van der Waals surface area (Å²) in [5.41, 5.74) is 0.896. The number of hydrogen-bond acceptors (Lipinski definition) is 5.